The van der Waals surface area contributed by atoms with Crippen LogP contribution in [0.25, 0.3) is 0 Å². The van der Waals surface area contributed by atoms with Crippen molar-refractivity contribution in [3.05, 3.63) is 59.4 Å². The van der Waals surface area contributed by atoms with Crippen molar-refractivity contribution in [1.29, 1.82) is 0 Å². The van der Waals surface area contributed by atoms with E-state index in [9.17, 15) is 9.59 Å². The number of aromatic carboxylic acids is 1. The number of anilines is 1. The van der Waals surface area contributed by atoms with Crippen molar-refractivity contribution in [3.8, 4) is 0 Å². The zero-order valence-electron chi connectivity index (χ0n) is 9.83. The molecule has 0 aliphatic heterocycles. The number of nitrogens with two attached hydrogens (primary N) is 1. The van der Waals surface area contributed by atoms with Crippen molar-refractivity contribution in [1.82, 2.24) is 4.98 Å². The van der Waals surface area contributed by atoms with E-state index in [0.29, 0.717) is 11.3 Å². The van der Waals surface area contributed by atoms with Gasteiger partial charge in [0.2, 0.25) is 0 Å². The van der Waals surface area contributed by atoms with Crippen LogP contribution >= 0.6 is 0 Å². The molecule has 1 aromatic heterocycles. The summed E-state index contributed by atoms with van der Waals surface area (Å²) in [6, 6.07) is 7.41. The molecule has 2 rings (SSSR count). The molecule has 4 N–H and O–H groups in total. The number of aromatic nitrogens is 1. The predicted octanol–water partition coefficient (Wildman–Crippen LogP) is 1.30. The molecule has 0 bridgehead atoms. The maximum absolute atomic E-state index is 12.3. The van der Waals surface area contributed by atoms with Crippen molar-refractivity contribution < 1.29 is 14.7 Å². The second-order valence-electron chi connectivity index (χ2n) is 3.78. The van der Waals surface area contributed by atoms with Gasteiger partial charge in [-0.3, -0.25) is 15.6 Å². The minimum absolute atomic E-state index is 0.0657. The van der Waals surface area contributed by atoms with Gasteiger partial charge in [-0.2, -0.15) is 0 Å². The van der Waals surface area contributed by atoms with Gasteiger partial charge in [-0.05, 0) is 30.3 Å². The minimum atomic E-state index is -1.17. The highest BCUT2D eigenvalue weighted by Crippen LogP contribution is 2.19. The lowest BCUT2D eigenvalue weighted by Crippen LogP contribution is -2.13. The number of rotatable bonds is 4. The van der Waals surface area contributed by atoms with Gasteiger partial charge in [-0.15, -0.1) is 0 Å². The normalized spacial score (nSPS) is 9.95. The van der Waals surface area contributed by atoms with Gasteiger partial charge in [0, 0.05) is 29.2 Å². The molecule has 0 radical (unpaired) electrons. The average molecular weight is 257 g/mol. The number of hydrazine groups is 1. The molecule has 0 atom stereocenters. The van der Waals surface area contributed by atoms with Crippen molar-refractivity contribution in [2.75, 3.05) is 5.43 Å². The van der Waals surface area contributed by atoms with E-state index in [-0.39, 0.29) is 11.1 Å². The van der Waals surface area contributed by atoms with Crippen LogP contribution in [-0.2, 0) is 0 Å². The molecule has 19 heavy (non-hydrogen) atoms. The van der Waals surface area contributed by atoms with Crippen molar-refractivity contribution in [2.24, 2.45) is 5.84 Å². The molecular weight excluding hydrogens is 246 g/mol. The first-order chi connectivity index (χ1) is 9.13. The van der Waals surface area contributed by atoms with E-state index < -0.39 is 11.8 Å². The van der Waals surface area contributed by atoms with Crippen LogP contribution in [-0.4, -0.2) is 21.8 Å². The zero-order valence-corrected chi connectivity index (χ0v) is 9.83. The van der Waals surface area contributed by atoms with E-state index in [1.807, 2.05) is 0 Å². The monoisotopic (exact) mass is 257 g/mol. The van der Waals surface area contributed by atoms with Crippen molar-refractivity contribution >= 4 is 17.4 Å². The summed E-state index contributed by atoms with van der Waals surface area (Å²) in [5.74, 6) is 3.68. The van der Waals surface area contributed by atoms with E-state index in [4.69, 9.17) is 10.9 Å². The van der Waals surface area contributed by atoms with E-state index in [2.05, 4.69) is 10.4 Å². The second kappa shape index (κ2) is 5.28. The maximum Gasteiger partial charge on any atom is 0.336 e. The molecule has 0 aliphatic carbocycles. The Morgan fingerprint density at radius 3 is 2.58 bits per heavy atom. The first-order valence-electron chi connectivity index (χ1n) is 5.42. The molecule has 0 spiro atoms. The summed E-state index contributed by atoms with van der Waals surface area (Å²) in [5.41, 5.74) is 3.14. The van der Waals surface area contributed by atoms with Gasteiger partial charge in [0.05, 0.1) is 5.56 Å². The lowest BCUT2D eigenvalue weighted by atomic mass is 9.98. The largest absolute Gasteiger partial charge is 0.478 e. The summed E-state index contributed by atoms with van der Waals surface area (Å²) in [6.07, 6.45) is 2.92. The van der Waals surface area contributed by atoms with Crippen molar-refractivity contribution in [3.63, 3.8) is 0 Å². The molecule has 0 aliphatic rings. The Balaban J connectivity index is 2.54. The average Bonchev–Trinajstić information content (AvgIpc) is 2.46. The first kappa shape index (κ1) is 12.7. The van der Waals surface area contributed by atoms with Crippen LogP contribution in [0.3, 0.4) is 0 Å². The summed E-state index contributed by atoms with van der Waals surface area (Å²) < 4.78 is 0. The molecule has 1 aromatic carbocycles. The number of ketones is 1. The number of hydrogen-bond acceptors (Lipinski definition) is 5. The summed E-state index contributed by atoms with van der Waals surface area (Å²) in [4.78, 5) is 27.2. The third kappa shape index (κ3) is 2.58. The Kier molecular flexibility index (Phi) is 3.53. The second-order valence-corrected chi connectivity index (χ2v) is 3.78. The number of carboxylic acids is 1. The highest BCUT2D eigenvalue weighted by molar-refractivity contribution is 6.14. The zero-order chi connectivity index (χ0) is 13.8. The fraction of sp³-hybridized carbons (Fsp3) is 0. The number of carbonyl (C=O) groups excluding carboxylic acids is 1. The van der Waals surface area contributed by atoms with Gasteiger partial charge in [0.25, 0.3) is 0 Å². The summed E-state index contributed by atoms with van der Waals surface area (Å²) in [6.45, 7) is 0. The SMILES string of the molecule is NNc1ccc(C(=O)O)c(C(=O)c2cccnc2)c1. The fourth-order valence-electron chi connectivity index (χ4n) is 1.66. The molecule has 0 saturated heterocycles. The molecule has 0 saturated carbocycles. The molecule has 2 aromatic rings. The predicted molar refractivity (Wildman–Crippen MR) is 68.9 cm³/mol. The molecule has 6 heteroatoms. The number of carbonyl (C=O) groups is 2. The molecule has 96 valence electrons. The van der Waals surface area contributed by atoms with Crippen LogP contribution < -0.4 is 11.3 Å². The topological polar surface area (TPSA) is 105 Å². The Labute approximate surface area is 108 Å². The number of pyridine rings is 1. The molecule has 6 nitrogen and oxygen atoms in total. The standard InChI is InChI=1S/C13H11N3O3/c14-16-9-3-4-10(13(18)19)11(6-9)12(17)8-2-1-5-15-7-8/h1-7,16H,14H2,(H,18,19). The number of nitrogens with zero attached hydrogens (tertiary/aromatic N) is 1. The number of nitrogens with one attached hydrogen (secondary N) is 1. The fourth-order valence-corrected chi connectivity index (χ4v) is 1.66. The lowest BCUT2D eigenvalue weighted by Gasteiger charge is -2.08. The molecule has 0 unspecified atom stereocenters. The highest BCUT2D eigenvalue weighted by atomic mass is 16.4. The summed E-state index contributed by atoms with van der Waals surface area (Å²) in [5, 5.41) is 9.11. The first-order valence-corrected chi connectivity index (χ1v) is 5.42. The van der Waals surface area contributed by atoms with Crippen LogP contribution in [0.15, 0.2) is 42.7 Å². The van der Waals surface area contributed by atoms with E-state index in [1.54, 1.807) is 12.1 Å². The quantitative estimate of drug-likeness (QED) is 0.433. The number of carboxylic acid groups (broad SMARTS) is 1. The third-order valence-electron chi connectivity index (χ3n) is 2.58. The lowest BCUT2D eigenvalue weighted by molar-refractivity contribution is 0.0693. The van der Waals surface area contributed by atoms with Gasteiger partial charge in [0.1, 0.15) is 0 Å². The van der Waals surface area contributed by atoms with E-state index >= 15 is 0 Å². The van der Waals surface area contributed by atoms with Gasteiger partial charge in [0.15, 0.2) is 5.78 Å². The minimum Gasteiger partial charge on any atom is -0.478 e. The number of hydrogen-bond donors (Lipinski definition) is 3. The van der Waals surface area contributed by atoms with E-state index in [1.165, 1.54) is 30.6 Å². The van der Waals surface area contributed by atoms with E-state index in [0.717, 1.165) is 0 Å². The highest BCUT2D eigenvalue weighted by Gasteiger charge is 2.18. The molecular formula is C13H11N3O3. The van der Waals surface area contributed by atoms with Crippen LogP contribution in [0.5, 0.6) is 0 Å². The maximum atomic E-state index is 12.3. The number of nitrogen functional groups attached to an aromatic ring is 1. The van der Waals surface area contributed by atoms with Gasteiger partial charge in [-0.1, -0.05) is 0 Å². The Hall–Kier alpha value is -2.73. The van der Waals surface area contributed by atoms with Crippen LogP contribution in [0.4, 0.5) is 5.69 Å². The Morgan fingerprint density at radius 2 is 2.00 bits per heavy atom. The smallest absolute Gasteiger partial charge is 0.336 e. The van der Waals surface area contributed by atoms with Gasteiger partial charge < -0.3 is 10.5 Å². The number of benzene rings is 1. The summed E-state index contributed by atoms with van der Waals surface area (Å²) >= 11 is 0. The van der Waals surface area contributed by atoms with Crippen LogP contribution in [0.1, 0.15) is 26.3 Å². The molecule has 0 amide bonds. The molecule has 1 heterocycles. The third-order valence-corrected chi connectivity index (χ3v) is 2.58. The van der Waals surface area contributed by atoms with Crippen LogP contribution in [0.2, 0.25) is 0 Å². The van der Waals surface area contributed by atoms with Gasteiger partial charge in [-0.25, -0.2) is 4.79 Å². The summed E-state index contributed by atoms with van der Waals surface area (Å²) in [7, 11) is 0. The van der Waals surface area contributed by atoms with Crippen molar-refractivity contribution in [2.45, 2.75) is 0 Å². The Bertz CT molecular complexity index is 626. The van der Waals surface area contributed by atoms with Gasteiger partial charge >= 0.3 is 5.97 Å². The Morgan fingerprint density at radius 1 is 1.21 bits per heavy atom. The molecule has 0 fully saturated rings. The van der Waals surface area contributed by atoms with Crippen LogP contribution in [0, 0.1) is 0 Å².